The molecule has 0 amide bonds. The number of nitrogens with two attached hydrogens (primary N) is 1. The van der Waals surface area contributed by atoms with Gasteiger partial charge in [0.25, 0.3) is 0 Å². The summed E-state index contributed by atoms with van der Waals surface area (Å²) in [5.41, 5.74) is 7.79. The minimum atomic E-state index is -0.653. The van der Waals surface area contributed by atoms with Crippen LogP contribution in [0.15, 0.2) is 18.3 Å². The highest BCUT2D eigenvalue weighted by molar-refractivity contribution is 6.35. The Bertz CT molecular complexity index is 646. The van der Waals surface area contributed by atoms with Crippen LogP contribution in [0.5, 0.6) is 0 Å². The molecule has 0 aromatic carbocycles. The maximum atomic E-state index is 11.6. The molecule has 2 N–H and O–H groups in total. The average molecular weight is 279 g/mol. The van der Waals surface area contributed by atoms with E-state index in [4.69, 9.17) is 17.3 Å². The number of esters is 1. The van der Waals surface area contributed by atoms with Crippen molar-refractivity contribution in [3.8, 4) is 11.4 Å². The van der Waals surface area contributed by atoms with Crippen molar-refractivity contribution in [3.05, 3.63) is 34.6 Å². The summed E-state index contributed by atoms with van der Waals surface area (Å²) in [5, 5.41) is 7.84. The van der Waals surface area contributed by atoms with Crippen molar-refractivity contribution >= 4 is 23.3 Å². The molecule has 0 aliphatic rings. The molecule has 0 saturated heterocycles. The predicted octanol–water partition coefficient (Wildman–Crippen LogP) is 1.87. The van der Waals surface area contributed by atoms with Crippen molar-refractivity contribution in [1.82, 2.24) is 15.2 Å². The molecular weight excluding hydrogens is 268 g/mol. The molecule has 0 fully saturated rings. The van der Waals surface area contributed by atoms with Crippen molar-refractivity contribution in [2.75, 3.05) is 12.8 Å². The highest BCUT2D eigenvalue weighted by atomic mass is 35.5. The van der Waals surface area contributed by atoms with Gasteiger partial charge in [0.15, 0.2) is 5.69 Å². The van der Waals surface area contributed by atoms with Crippen LogP contribution < -0.4 is 5.73 Å². The topological polar surface area (TPSA) is 91.0 Å². The van der Waals surface area contributed by atoms with Gasteiger partial charge in [-0.15, -0.1) is 5.10 Å². The number of aromatic nitrogens is 3. The van der Waals surface area contributed by atoms with E-state index in [-0.39, 0.29) is 16.4 Å². The highest BCUT2D eigenvalue weighted by Crippen LogP contribution is 2.28. The Labute approximate surface area is 114 Å². The Hall–Kier alpha value is -2.21. The number of halogens is 1. The zero-order valence-electron chi connectivity index (χ0n) is 10.3. The van der Waals surface area contributed by atoms with Crippen LogP contribution in [-0.2, 0) is 4.74 Å². The Morgan fingerprint density at radius 2 is 2.21 bits per heavy atom. The van der Waals surface area contributed by atoms with Gasteiger partial charge in [-0.2, -0.15) is 5.10 Å². The lowest BCUT2D eigenvalue weighted by molar-refractivity contribution is 0.0594. The molecule has 0 spiro atoms. The van der Waals surface area contributed by atoms with Crippen molar-refractivity contribution < 1.29 is 9.53 Å². The number of nitrogens with zero attached hydrogens (tertiary/aromatic N) is 3. The van der Waals surface area contributed by atoms with Crippen LogP contribution in [0.4, 0.5) is 5.69 Å². The molecule has 0 aliphatic heterocycles. The van der Waals surface area contributed by atoms with E-state index in [1.54, 1.807) is 18.3 Å². The summed E-state index contributed by atoms with van der Waals surface area (Å²) >= 11 is 5.94. The van der Waals surface area contributed by atoms with E-state index in [0.717, 1.165) is 5.56 Å². The van der Waals surface area contributed by atoms with Crippen molar-refractivity contribution in [3.63, 3.8) is 0 Å². The number of hydrogen-bond donors (Lipinski definition) is 1. The second-order valence-corrected chi connectivity index (χ2v) is 4.19. The molecule has 0 bridgehead atoms. The fourth-order valence-electron chi connectivity index (χ4n) is 1.55. The molecule has 2 aromatic heterocycles. The molecule has 0 unspecified atom stereocenters. The monoisotopic (exact) mass is 278 g/mol. The van der Waals surface area contributed by atoms with Crippen LogP contribution in [0.3, 0.4) is 0 Å². The molecule has 2 aromatic rings. The lowest BCUT2D eigenvalue weighted by atomic mass is 10.1. The van der Waals surface area contributed by atoms with Crippen LogP contribution in [-0.4, -0.2) is 28.3 Å². The third-order valence-electron chi connectivity index (χ3n) is 2.53. The maximum Gasteiger partial charge on any atom is 0.358 e. The third kappa shape index (κ3) is 2.48. The smallest absolute Gasteiger partial charge is 0.358 e. The Morgan fingerprint density at radius 3 is 2.84 bits per heavy atom. The van der Waals surface area contributed by atoms with Crippen LogP contribution in [0.25, 0.3) is 11.4 Å². The van der Waals surface area contributed by atoms with Crippen LogP contribution in [0, 0.1) is 6.92 Å². The minimum absolute atomic E-state index is 0.0378. The number of pyridine rings is 1. The number of nitrogen functional groups attached to an aromatic ring is 1. The molecule has 0 aliphatic carbocycles. The summed E-state index contributed by atoms with van der Waals surface area (Å²) in [6.07, 6.45) is 1.57. The predicted molar refractivity (Wildman–Crippen MR) is 70.8 cm³/mol. The molecule has 0 saturated carbocycles. The van der Waals surface area contributed by atoms with E-state index in [2.05, 4.69) is 19.9 Å². The second kappa shape index (κ2) is 5.19. The molecule has 19 heavy (non-hydrogen) atoms. The average Bonchev–Trinajstić information content (AvgIpc) is 2.41. The first kappa shape index (κ1) is 13.2. The number of ether oxygens (including phenoxy) is 1. The summed E-state index contributed by atoms with van der Waals surface area (Å²) in [4.78, 5) is 15.7. The Morgan fingerprint density at radius 1 is 1.47 bits per heavy atom. The van der Waals surface area contributed by atoms with Gasteiger partial charge in [0.05, 0.1) is 23.5 Å². The number of hydrogen-bond acceptors (Lipinski definition) is 6. The van der Waals surface area contributed by atoms with Gasteiger partial charge in [0.1, 0.15) is 5.69 Å². The summed E-state index contributed by atoms with van der Waals surface area (Å²) in [5.74, 6) is -0.653. The summed E-state index contributed by atoms with van der Waals surface area (Å²) in [6.45, 7) is 1.86. The van der Waals surface area contributed by atoms with E-state index in [0.29, 0.717) is 11.4 Å². The zero-order chi connectivity index (χ0) is 14.0. The number of aryl methyl sites for hydroxylation is 1. The lowest BCUT2D eigenvalue weighted by Crippen LogP contribution is -2.08. The van der Waals surface area contributed by atoms with Crippen LogP contribution in [0.2, 0.25) is 5.02 Å². The summed E-state index contributed by atoms with van der Waals surface area (Å²) < 4.78 is 4.62. The zero-order valence-corrected chi connectivity index (χ0v) is 11.1. The second-order valence-electron chi connectivity index (χ2n) is 3.81. The van der Waals surface area contributed by atoms with E-state index in [9.17, 15) is 4.79 Å². The fraction of sp³-hybridized carbons (Fsp3) is 0.167. The van der Waals surface area contributed by atoms with Gasteiger partial charge in [-0.05, 0) is 24.6 Å². The molecule has 0 atom stereocenters. The van der Waals surface area contributed by atoms with Gasteiger partial charge < -0.3 is 10.5 Å². The van der Waals surface area contributed by atoms with E-state index in [1.807, 2.05) is 6.92 Å². The first-order valence-corrected chi connectivity index (χ1v) is 5.75. The summed E-state index contributed by atoms with van der Waals surface area (Å²) in [7, 11) is 1.25. The fourth-order valence-corrected chi connectivity index (χ4v) is 1.72. The van der Waals surface area contributed by atoms with Crippen molar-refractivity contribution in [2.45, 2.75) is 6.92 Å². The number of carbonyl (C=O) groups is 1. The SMILES string of the molecule is COC(=O)c1nc(-c2nnccc2C)cc(N)c1Cl. The van der Waals surface area contributed by atoms with Gasteiger partial charge in [0, 0.05) is 6.20 Å². The highest BCUT2D eigenvalue weighted by Gasteiger charge is 2.18. The molecule has 7 heteroatoms. The standard InChI is InChI=1S/C12H11ClN4O2/c1-6-3-4-15-17-10(6)8-5-7(14)9(13)11(16-8)12(18)19-2/h3-5H,1-2H3,(H2,14,16). The van der Waals surface area contributed by atoms with Crippen LogP contribution in [0.1, 0.15) is 16.1 Å². The molecule has 98 valence electrons. The Balaban J connectivity index is 2.64. The third-order valence-corrected chi connectivity index (χ3v) is 2.93. The van der Waals surface area contributed by atoms with Crippen molar-refractivity contribution in [1.29, 1.82) is 0 Å². The number of rotatable bonds is 2. The van der Waals surface area contributed by atoms with Gasteiger partial charge in [0.2, 0.25) is 0 Å². The van der Waals surface area contributed by atoms with Gasteiger partial charge in [-0.3, -0.25) is 0 Å². The number of carbonyl (C=O) groups excluding carboxylic acids is 1. The minimum Gasteiger partial charge on any atom is -0.464 e. The molecule has 2 rings (SSSR count). The van der Waals surface area contributed by atoms with Crippen LogP contribution >= 0.6 is 11.6 Å². The van der Waals surface area contributed by atoms with E-state index < -0.39 is 5.97 Å². The molecule has 0 radical (unpaired) electrons. The normalized spacial score (nSPS) is 10.3. The van der Waals surface area contributed by atoms with Gasteiger partial charge in [-0.25, -0.2) is 9.78 Å². The Kier molecular flexibility index (Phi) is 3.62. The van der Waals surface area contributed by atoms with E-state index in [1.165, 1.54) is 7.11 Å². The molecule has 6 nitrogen and oxygen atoms in total. The first-order chi connectivity index (χ1) is 9.04. The molecule has 2 heterocycles. The number of anilines is 1. The van der Waals surface area contributed by atoms with Gasteiger partial charge in [-0.1, -0.05) is 11.6 Å². The van der Waals surface area contributed by atoms with E-state index >= 15 is 0 Å². The first-order valence-electron chi connectivity index (χ1n) is 5.37. The van der Waals surface area contributed by atoms with Gasteiger partial charge >= 0.3 is 5.97 Å². The quantitative estimate of drug-likeness (QED) is 0.843. The lowest BCUT2D eigenvalue weighted by Gasteiger charge is -2.08. The molecular formula is C12H11ClN4O2. The van der Waals surface area contributed by atoms with Crippen molar-refractivity contribution in [2.24, 2.45) is 0 Å². The summed E-state index contributed by atoms with van der Waals surface area (Å²) in [6, 6.07) is 3.33. The largest absolute Gasteiger partial charge is 0.464 e. The number of methoxy groups -OCH3 is 1. The maximum absolute atomic E-state index is 11.6.